The third kappa shape index (κ3) is 4.32. The summed E-state index contributed by atoms with van der Waals surface area (Å²) in [6, 6.07) is 4.00. The summed E-state index contributed by atoms with van der Waals surface area (Å²) >= 11 is 0. The molecule has 0 aromatic carbocycles. The van der Waals surface area contributed by atoms with E-state index in [2.05, 4.69) is 10.5 Å². The summed E-state index contributed by atoms with van der Waals surface area (Å²) in [6.45, 7) is 3.76. The standard InChI is InChI=1S/C10H16N2O2/c1-9-3-4-10(11-7-9)8-12-14-6-5-13-2/h3-4,7,12H,5-6,8H2,1-2H3. The minimum Gasteiger partial charge on any atom is -0.382 e. The first-order chi connectivity index (χ1) is 6.83. The Morgan fingerprint density at radius 3 is 2.86 bits per heavy atom. The maximum Gasteiger partial charge on any atom is 0.0916 e. The molecule has 0 aliphatic heterocycles. The van der Waals surface area contributed by atoms with Crippen molar-refractivity contribution in [2.75, 3.05) is 20.3 Å². The first kappa shape index (κ1) is 11.1. The molecule has 0 fully saturated rings. The summed E-state index contributed by atoms with van der Waals surface area (Å²) in [7, 11) is 1.64. The first-order valence-electron chi connectivity index (χ1n) is 4.58. The highest BCUT2D eigenvalue weighted by molar-refractivity contribution is 5.11. The molecule has 1 heterocycles. The highest BCUT2D eigenvalue weighted by Gasteiger charge is 1.93. The molecular weight excluding hydrogens is 180 g/mol. The van der Waals surface area contributed by atoms with E-state index in [-0.39, 0.29) is 0 Å². The molecule has 0 saturated carbocycles. The van der Waals surface area contributed by atoms with Crippen LogP contribution in [0.1, 0.15) is 11.3 Å². The van der Waals surface area contributed by atoms with Crippen LogP contribution in [0, 0.1) is 6.92 Å². The van der Waals surface area contributed by atoms with E-state index in [1.807, 2.05) is 25.3 Å². The Morgan fingerprint density at radius 2 is 2.21 bits per heavy atom. The average Bonchev–Trinajstić information content (AvgIpc) is 2.21. The minimum atomic E-state index is 0.544. The molecule has 1 N–H and O–H groups in total. The van der Waals surface area contributed by atoms with Crippen LogP contribution >= 0.6 is 0 Å². The highest BCUT2D eigenvalue weighted by Crippen LogP contribution is 1.97. The number of ether oxygens (including phenoxy) is 1. The van der Waals surface area contributed by atoms with Gasteiger partial charge in [-0.25, -0.2) is 0 Å². The van der Waals surface area contributed by atoms with E-state index in [0.717, 1.165) is 11.3 Å². The molecule has 0 radical (unpaired) electrons. The Kier molecular flexibility index (Phi) is 5.14. The number of aromatic nitrogens is 1. The predicted molar refractivity (Wildman–Crippen MR) is 53.6 cm³/mol. The van der Waals surface area contributed by atoms with Crippen molar-refractivity contribution in [2.45, 2.75) is 13.5 Å². The maximum absolute atomic E-state index is 5.09. The van der Waals surface area contributed by atoms with Crippen molar-refractivity contribution in [2.24, 2.45) is 0 Å². The molecule has 0 bridgehead atoms. The first-order valence-corrected chi connectivity index (χ1v) is 4.58. The second-order valence-electron chi connectivity index (χ2n) is 2.99. The van der Waals surface area contributed by atoms with Crippen LogP contribution in [0.4, 0.5) is 0 Å². The van der Waals surface area contributed by atoms with Gasteiger partial charge in [0.25, 0.3) is 0 Å². The van der Waals surface area contributed by atoms with Crippen LogP contribution in [0.3, 0.4) is 0 Å². The summed E-state index contributed by atoms with van der Waals surface area (Å²) in [5.41, 5.74) is 4.94. The molecule has 4 heteroatoms. The van der Waals surface area contributed by atoms with Gasteiger partial charge in [0.15, 0.2) is 0 Å². The van der Waals surface area contributed by atoms with E-state index in [1.165, 1.54) is 0 Å². The third-order valence-electron chi connectivity index (χ3n) is 1.72. The molecule has 78 valence electrons. The minimum absolute atomic E-state index is 0.544. The van der Waals surface area contributed by atoms with Gasteiger partial charge in [-0.15, -0.1) is 0 Å². The van der Waals surface area contributed by atoms with Crippen LogP contribution < -0.4 is 5.48 Å². The molecule has 0 aliphatic carbocycles. The van der Waals surface area contributed by atoms with Crippen molar-refractivity contribution in [3.8, 4) is 0 Å². The Balaban J connectivity index is 2.15. The van der Waals surface area contributed by atoms with Gasteiger partial charge >= 0.3 is 0 Å². The van der Waals surface area contributed by atoms with Crippen molar-refractivity contribution in [3.63, 3.8) is 0 Å². The fourth-order valence-corrected chi connectivity index (χ4v) is 0.925. The lowest BCUT2D eigenvalue weighted by Crippen LogP contribution is -2.17. The Morgan fingerprint density at radius 1 is 1.36 bits per heavy atom. The van der Waals surface area contributed by atoms with E-state index in [1.54, 1.807) is 7.11 Å². The van der Waals surface area contributed by atoms with Crippen LogP contribution in [0.2, 0.25) is 0 Å². The van der Waals surface area contributed by atoms with Crippen LogP contribution in [0.25, 0.3) is 0 Å². The molecule has 1 aromatic heterocycles. The van der Waals surface area contributed by atoms with Crippen LogP contribution in [-0.4, -0.2) is 25.3 Å². The monoisotopic (exact) mass is 196 g/mol. The molecule has 4 nitrogen and oxygen atoms in total. The molecule has 1 rings (SSSR count). The summed E-state index contributed by atoms with van der Waals surface area (Å²) in [5.74, 6) is 0. The quantitative estimate of drug-likeness (QED) is 0.545. The number of nitrogens with zero attached hydrogens (tertiary/aromatic N) is 1. The fourth-order valence-electron chi connectivity index (χ4n) is 0.925. The van der Waals surface area contributed by atoms with Crippen molar-refractivity contribution in [1.82, 2.24) is 10.5 Å². The van der Waals surface area contributed by atoms with Crippen LogP contribution in [0.5, 0.6) is 0 Å². The van der Waals surface area contributed by atoms with E-state index < -0.39 is 0 Å². The fraction of sp³-hybridized carbons (Fsp3) is 0.500. The van der Waals surface area contributed by atoms with E-state index >= 15 is 0 Å². The number of hydrogen-bond acceptors (Lipinski definition) is 4. The number of nitrogens with one attached hydrogen (secondary N) is 1. The number of pyridine rings is 1. The lowest BCUT2D eigenvalue weighted by Gasteiger charge is -2.04. The van der Waals surface area contributed by atoms with Crippen molar-refractivity contribution < 1.29 is 9.57 Å². The zero-order valence-electron chi connectivity index (χ0n) is 8.62. The van der Waals surface area contributed by atoms with E-state index in [9.17, 15) is 0 Å². The Hall–Kier alpha value is -0.970. The van der Waals surface area contributed by atoms with Gasteiger partial charge in [-0.05, 0) is 18.6 Å². The lowest BCUT2D eigenvalue weighted by molar-refractivity contribution is 0.00299. The number of rotatable bonds is 6. The second-order valence-corrected chi connectivity index (χ2v) is 2.99. The lowest BCUT2D eigenvalue weighted by atomic mass is 10.3. The summed E-state index contributed by atoms with van der Waals surface area (Å²) in [5, 5.41) is 0. The van der Waals surface area contributed by atoms with Crippen molar-refractivity contribution >= 4 is 0 Å². The third-order valence-corrected chi connectivity index (χ3v) is 1.72. The molecular formula is C10H16N2O2. The Labute approximate surface area is 84.2 Å². The largest absolute Gasteiger partial charge is 0.382 e. The molecule has 14 heavy (non-hydrogen) atoms. The molecule has 0 unspecified atom stereocenters. The van der Waals surface area contributed by atoms with Crippen molar-refractivity contribution in [1.29, 1.82) is 0 Å². The topological polar surface area (TPSA) is 43.4 Å². The number of methoxy groups -OCH3 is 1. The Bertz CT molecular complexity index is 249. The number of aryl methyl sites for hydroxylation is 1. The molecule has 0 aliphatic rings. The van der Waals surface area contributed by atoms with Gasteiger partial charge < -0.3 is 4.74 Å². The highest BCUT2D eigenvalue weighted by atomic mass is 16.7. The normalized spacial score (nSPS) is 10.4. The second kappa shape index (κ2) is 6.48. The predicted octanol–water partition coefficient (Wildman–Crippen LogP) is 1.06. The maximum atomic E-state index is 5.09. The van der Waals surface area contributed by atoms with Gasteiger partial charge in [-0.1, -0.05) is 6.07 Å². The summed E-state index contributed by atoms with van der Waals surface area (Å²) in [4.78, 5) is 9.32. The van der Waals surface area contributed by atoms with Crippen LogP contribution in [-0.2, 0) is 16.1 Å². The van der Waals surface area contributed by atoms with Gasteiger partial charge in [-0.3, -0.25) is 9.82 Å². The van der Waals surface area contributed by atoms with Crippen molar-refractivity contribution in [3.05, 3.63) is 29.6 Å². The summed E-state index contributed by atoms with van der Waals surface area (Å²) < 4.78 is 4.83. The number of hydrogen-bond donors (Lipinski definition) is 1. The average molecular weight is 196 g/mol. The van der Waals surface area contributed by atoms with Gasteiger partial charge in [-0.2, -0.15) is 5.48 Å². The van der Waals surface area contributed by atoms with Gasteiger partial charge in [0.2, 0.25) is 0 Å². The summed E-state index contributed by atoms with van der Waals surface area (Å²) in [6.07, 6.45) is 1.84. The molecule has 1 aromatic rings. The molecule has 0 spiro atoms. The SMILES string of the molecule is COCCONCc1ccc(C)cn1. The van der Waals surface area contributed by atoms with Gasteiger partial charge in [0, 0.05) is 13.3 Å². The zero-order valence-corrected chi connectivity index (χ0v) is 8.62. The zero-order chi connectivity index (χ0) is 10.2. The van der Waals surface area contributed by atoms with E-state index in [0.29, 0.717) is 19.8 Å². The number of hydroxylamine groups is 1. The smallest absolute Gasteiger partial charge is 0.0916 e. The van der Waals surface area contributed by atoms with Gasteiger partial charge in [0.05, 0.1) is 25.5 Å². The van der Waals surface area contributed by atoms with E-state index in [4.69, 9.17) is 9.57 Å². The molecule has 0 atom stereocenters. The molecule has 0 saturated heterocycles. The molecule has 0 amide bonds. The van der Waals surface area contributed by atoms with Gasteiger partial charge in [0.1, 0.15) is 0 Å². The van der Waals surface area contributed by atoms with Crippen LogP contribution in [0.15, 0.2) is 18.3 Å².